The molecule has 0 saturated heterocycles. The van der Waals surface area contributed by atoms with Crippen molar-refractivity contribution in [3.63, 3.8) is 0 Å². The van der Waals surface area contributed by atoms with Crippen molar-refractivity contribution < 1.29 is 4.79 Å². The van der Waals surface area contributed by atoms with Crippen LogP contribution in [0.3, 0.4) is 0 Å². The summed E-state index contributed by atoms with van der Waals surface area (Å²) in [5, 5.41) is 10.9. The van der Waals surface area contributed by atoms with Gasteiger partial charge < -0.3 is 16.0 Å². The summed E-state index contributed by atoms with van der Waals surface area (Å²) < 4.78 is 0. The van der Waals surface area contributed by atoms with Crippen LogP contribution in [0.25, 0.3) is 0 Å². The number of anilines is 1. The molecular weight excluding hydrogens is 254 g/mol. The molecule has 6 heteroatoms. The van der Waals surface area contributed by atoms with E-state index < -0.39 is 0 Å². The molecule has 0 saturated carbocycles. The van der Waals surface area contributed by atoms with Gasteiger partial charge in [-0.25, -0.2) is 0 Å². The van der Waals surface area contributed by atoms with Crippen molar-refractivity contribution in [2.75, 3.05) is 24.5 Å². The number of nitrogens with two attached hydrogens (primary N) is 1. The van der Waals surface area contributed by atoms with Crippen LogP contribution in [0.5, 0.6) is 0 Å². The molecule has 0 bridgehead atoms. The van der Waals surface area contributed by atoms with E-state index in [1.165, 1.54) is 0 Å². The van der Waals surface area contributed by atoms with Crippen LogP contribution in [0, 0.1) is 0 Å². The SMILES string of the molecule is CCNC(=O)c1ccc(N(CCN)C(CC)CC)nn1. The molecule has 3 N–H and O–H groups in total. The molecule has 6 nitrogen and oxygen atoms in total. The van der Waals surface area contributed by atoms with Crippen molar-refractivity contribution in [1.82, 2.24) is 15.5 Å². The third kappa shape index (κ3) is 4.16. The normalized spacial score (nSPS) is 10.7. The summed E-state index contributed by atoms with van der Waals surface area (Å²) in [5.41, 5.74) is 6.02. The van der Waals surface area contributed by atoms with Gasteiger partial charge in [-0.15, -0.1) is 10.2 Å². The second-order valence-corrected chi connectivity index (χ2v) is 4.59. The molecule has 0 aliphatic heterocycles. The van der Waals surface area contributed by atoms with Gasteiger partial charge in [0.25, 0.3) is 5.91 Å². The lowest BCUT2D eigenvalue weighted by Crippen LogP contribution is -2.39. The zero-order valence-corrected chi connectivity index (χ0v) is 12.6. The second kappa shape index (κ2) is 8.47. The Bertz CT molecular complexity index is 403. The molecule has 0 radical (unpaired) electrons. The molecule has 1 rings (SSSR count). The smallest absolute Gasteiger partial charge is 0.271 e. The monoisotopic (exact) mass is 279 g/mol. The molecule has 0 aliphatic rings. The lowest BCUT2D eigenvalue weighted by molar-refractivity contribution is 0.0950. The molecule has 0 unspecified atom stereocenters. The van der Waals surface area contributed by atoms with Crippen molar-refractivity contribution in [2.24, 2.45) is 5.73 Å². The highest BCUT2D eigenvalue weighted by Crippen LogP contribution is 2.17. The molecule has 1 heterocycles. The van der Waals surface area contributed by atoms with Gasteiger partial charge in [0.05, 0.1) is 0 Å². The van der Waals surface area contributed by atoms with E-state index in [1.54, 1.807) is 6.07 Å². The van der Waals surface area contributed by atoms with Crippen molar-refractivity contribution in [2.45, 2.75) is 39.7 Å². The Hall–Kier alpha value is -1.69. The maximum atomic E-state index is 11.7. The Labute approximate surface area is 120 Å². The highest BCUT2D eigenvalue weighted by atomic mass is 16.1. The van der Waals surface area contributed by atoms with E-state index in [4.69, 9.17) is 5.73 Å². The molecular formula is C14H25N5O. The van der Waals surface area contributed by atoms with E-state index in [-0.39, 0.29) is 5.91 Å². The van der Waals surface area contributed by atoms with Crippen LogP contribution in [0.1, 0.15) is 44.1 Å². The molecule has 20 heavy (non-hydrogen) atoms. The average molecular weight is 279 g/mol. The van der Waals surface area contributed by atoms with Crippen LogP contribution in [-0.4, -0.2) is 41.8 Å². The van der Waals surface area contributed by atoms with Gasteiger partial charge in [0.15, 0.2) is 11.5 Å². The predicted octanol–water partition coefficient (Wildman–Crippen LogP) is 1.18. The summed E-state index contributed by atoms with van der Waals surface area (Å²) in [6.07, 6.45) is 2.05. The summed E-state index contributed by atoms with van der Waals surface area (Å²) in [6.45, 7) is 8.05. The Morgan fingerprint density at radius 2 is 2.00 bits per heavy atom. The minimum absolute atomic E-state index is 0.195. The van der Waals surface area contributed by atoms with Crippen molar-refractivity contribution in [3.8, 4) is 0 Å². The molecule has 0 aliphatic carbocycles. The molecule has 0 spiro atoms. The second-order valence-electron chi connectivity index (χ2n) is 4.59. The summed E-state index contributed by atoms with van der Waals surface area (Å²) in [5.74, 6) is 0.580. The van der Waals surface area contributed by atoms with Gasteiger partial charge >= 0.3 is 0 Å². The Morgan fingerprint density at radius 1 is 1.30 bits per heavy atom. The molecule has 1 amide bonds. The molecule has 1 aromatic rings. The maximum Gasteiger partial charge on any atom is 0.271 e. The Kier molecular flexibility index (Phi) is 6.93. The number of nitrogens with zero attached hydrogens (tertiary/aromatic N) is 3. The van der Waals surface area contributed by atoms with Crippen molar-refractivity contribution in [1.29, 1.82) is 0 Å². The first-order valence-electron chi connectivity index (χ1n) is 7.26. The van der Waals surface area contributed by atoms with Gasteiger partial charge in [-0.2, -0.15) is 0 Å². The number of aromatic nitrogens is 2. The first kappa shape index (κ1) is 16.4. The highest BCUT2D eigenvalue weighted by molar-refractivity contribution is 5.92. The number of nitrogens with one attached hydrogen (secondary N) is 1. The molecule has 0 fully saturated rings. The third-order valence-corrected chi connectivity index (χ3v) is 3.27. The van der Waals surface area contributed by atoms with Crippen LogP contribution in [0.4, 0.5) is 5.82 Å². The van der Waals surface area contributed by atoms with Gasteiger partial charge in [0.1, 0.15) is 0 Å². The molecule has 0 aromatic carbocycles. The zero-order chi connectivity index (χ0) is 15.0. The fraction of sp³-hybridized carbons (Fsp3) is 0.643. The summed E-state index contributed by atoms with van der Waals surface area (Å²) in [6, 6.07) is 3.94. The standard InChI is InChI=1S/C14H25N5O/c1-4-11(5-2)19(10-9-15)13-8-7-12(17-18-13)14(20)16-6-3/h7-8,11H,4-6,9-10,15H2,1-3H3,(H,16,20). The number of amides is 1. The van der Waals surface area contributed by atoms with Gasteiger partial charge in [-0.05, 0) is 31.9 Å². The molecule has 0 atom stereocenters. The van der Waals surface area contributed by atoms with Crippen LogP contribution in [0.2, 0.25) is 0 Å². The Morgan fingerprint density at radius 3 is 2.45 bits per heavy atom. The summed E-state index contributed by atoms with van der Waals surface area (Å²) >= 11 is 0. The fourth-order valence-electron chi connectivity index (χ4n) is 2.20. The van der Waals surface area contributed by atoms with E-state index in [1.807, 2.05) is 13.0 Å². The van der Waals surface area contributed by atoms with E-state index >= 15 is 0 Å². The topological polar surface area (TPSA) is 84.1 Å². The van der Waals surface area contributed by atoms with Crippen LogP contribution in [-0.2, 0) is 0 Å². The summed E-state index contributed by atoms with van der Waals surface area (Å²) in [7, 11) is 0. The first-order chi connectivity index (χ1) is 9.67. The Balaban J connectivity index is 2.90. The van der Waals surface area contributed by atoms with Crippen molar-refractivity contribution >= 4 is 11.7 Å². The minimum Gasteiger partial charge on any atom is -0.351 e. The number of carbonyl (C=O) groups excluding carboxylic acids is 1. The van der Waals surface area contributed by atoms with Gasteiger partial charge in [0.2, 0.25) is 0 Å². The number of hydrogen-bond donors (Lipinski definition) is 2. The molecule has 1 aromatic heterocycles. The predicted molar refractivity (Wildman–Crippen MR) is 80.8 cm³/mol. The van der Waals surface area contributed by atoms with E-state index in [0.29, 0.717) is 24.8 Å². The minimum atomic E-state index is -0.195. The van der Waals surface area contributed by atoms with Crippen LogP contribution in [0.15, 0.2) is 12.1 Å². The molecule has 112 valence electrons. The van der Waals surface area contributed by atoms with Crippen LogP contribution < -0.4 is 16.0 Å². The van der Waals surface area contributed by atoms with E-state index in [2.05, 4.69) is 34.3 Å². The quantitative estimate of drug-likeness (QED) is 0.746. The van der Waals surface area contributed by atoms with Gasteiger partial charge in [-0.3, -0.25) is 4.79 Å². The number of carbonyl (C=O) groups is 1. The lowest BCUT2D eigenvalue weighted by atomic mass is 10.1. The van der Waals surface area contributed by atoms with E-state index in [0.717, 1.165) is 25.2 Å². The van der Waals surface area contributed by atoms with E-state index in [9.17, 15) is 4.79 Å². The fourth-order valence-corrected chi connectivity index (χ4v) is 2.20. The lowest BCUT2D eigenvalue weighted by Gasteiger charge is -2.30. The largest absolute Gasteiger partial charge is 0.351 e. The number of rotatable bonds is 8. The van der Waals surface area contributed by atoms with Gasteiger partial charge in [-0.1, -0.05) is 13.8 Å². The average Bonchev–Trinajstić information content (AvgIpc) is 2.48. The van der Waals surface area contributed by atoms with Gasteiger partial charge in [0, 0.05) is 25.7 Å². The first-order valence-corrected chi connectivity index (χ1v) is 7.26. The third-order valence-electron chi connectivity index (χ3n) is 3.27. The maximum absolute atomic E-state index is 11.7. The van der Waals surface area contributed by atoms with Crippen molar-refractivity contribution in [3.05, 3.63) is 17.8 Å². The zero-order valence-electron chi connectivity index (χ0n) is 12.6. The number of hydrogen-bond acceptors (Lipinski definition) is 5. The highest BCUT2D eigenvalue weighted by Gasteiger charge is 2.17. The summed E-state index contributed by atoms with van der Waals surface area (Å²) in [4.78, 5) is 13.8. The van der Waals surface area contributed by atoms with Crippen LogP contribution >= 0.6 is 0 Å².